The SMILES string of the molecule is C[NH+](C)C(Cl)CO.[Cl-]. The molecule has 0 radical (unpaired) electrons. The van der Waals surface area contributed by atoms with Crippen molar-refractivity contribution in [2.24, 2.45) is 0 Å². The smallest absolute Gasteiger partial charge is 0.186 e. The van der Waals surface area contributed by atoms with E-state index in [-0.39, 0.29) is 24.5 Å². The maximum Gasteiger partial charge on any atom is 0.186 e. The largest absolute Gasteiger partial charge is 1.00 e. The number of alkyl halides is 1. The molecule has 0 saturated carbocycles. The highest BCUT2D eigenvalue weighted by Gasteiger charge is 2.05. The lowest BCUT2D eigenvalue weighted by Gasteiger charge is -2.10. The second kappa shape index (κ2) is 5.63. The summed E-state index contributed by atoms with van der Waals surface area (Å²) in [6.07, 6.45) is 0. The highest BCUT2D eigenvalue weighted by molar-refractivity contribution is 6.19. The lowest BCUT2D eigenvalue weighted by Crippen LogP contribution is -3.09. The summed E-state index contributed by atoms with van der Waals surface area (Å²) in [5, 5.41) is 8.35. The van der Waals surface area contributed by atoms with Crippen molar-refractivity contribution in [3.8, 4) is 0 Å². The molecule has 8 heavy (non-hydrogen) atoms. The molecule has 0 bridgehead atoms. The van der Waals surface area contributed by atoms with Gasteiger partial charge in [-0.25, -0.2) is 0 Å². The minimum absolute atomic E-state index is 0. The van der Waals surface area contributed by atoms with Gasteiger partial charge < -0.3 is 22.4 Å². The van der Waals surface area contributed by atoms with E-state index in [1.165, 1.54) is 0 Å². The third kappa shape index (κ3) is 4.65. The highest BCUT2D eigenvalue weighted by atomic mass is 35.5. The summed E-state index contributed by atoms with van der Waals surface area (Å²) in [5.74, 6) is 0. The van der Waals surface area contributed by atoms with Crippen molar-refractivity contribution in [2.45, 2.75) is 5.50 Å². The Morgan fingerprint density at radius 3 is 2.00 bits per heavy atom. The molecule has 0 aliphatic rings. The van der Waals surface area contributed by atoms with Crippen molar-refractivity contribution >= 4 is 11.6 Å². The molecule has 0 aromatic carbocycles. The van der Waals surface area contributed by atoms with Crippen molar-refractivity contribution in [3.63, 3.8) is 0 Å². The molecule has 2 nitrogen and oxygen atoms in total. The second-order valence-electron chi connectivity index (χ2n) is 1.73. The quantitative estimate of drug-likeness (QED) is 0.310. The van der Waals surface area contributed by atoms with E-state index >= 15 is 0 Å². The molecule has 0 heterocycles. The van der Waals surface area contributed by atoms with Crippen LogP contribution in [0.2, 0.25) is 0 Å². The van der Waals surface area contributed by atoms with E-state index in [0.29, 0.717) is 0 Å². The number of quaternary nitrogens is 1. The van der Waals surface area contributed by atoms with Crippen LogP contribution in [0.3, 0.4) is 0 Å². The molecule has 0 rings (SSSR count). The molecule has 0 saturated heterocycles. The molecule has 52 valence electrons. The van der Waals surface area contributed by atoms with Gasteiger partial charge in [0.2, 0.25) is 0 Å². The van der Waals surface area contributed by atoms with Crippen molar-refractivity contribution in [1.82, 2.24) is 0 Å². The fourth-order valence-corrected chi connectivity index (χ4v) is 0.183. The number of nitrogens with one attached hydrogen (secondary N) is 1. The number of aliphatic hydroxyl groups excluding tert-OH is 1. The molecular weight excluding hydrogens is 149 g/mol. The van der Waals surface area contributed by atoms with Crippen molar-refractivity contribution in [1.29, 1.82) is 0 Å². The van der Waals surface area contributed by atoms with Crippen LogP contribution in [-0.2, 0) is 0 Å². The zero-order valence-electron chi connectivity index (χ0n) is 4.99. The van der Waals surface area contributed by atoms with E-state index in [1.54, 1.807) is 0 Å². The Bertz CT molecular complexity index is 51.3. The highest BCUT2D eigenvalue weighted by Crippen LogP contribution is 1.77. The number of rotatable bonds is 2. The summed E-state index contributed by atoms with van der Waals surface area (Å²) in [4.78, 5) is 1.06. The summed E-state index contributed by atoms with van der Waals surface area (Å²) < 4.78 is 0. The first-order chi connectivity index (χ1) is 3.18. The third-order valence-electron chi connectivity index (χ3n) is 0.787. The topological polar surface area (TPSA) is 24.7 Å². The first kappa shape index (κ1) is 11.3. The van der Waals surface area contributed by atoms with Gasteiger partial charge in [-0.2, -0.15) is 0 Å². The summed E-state index contributed by atoms with van der Waals surface area (Å²) in [7, 11) is 3.79. The van der Waals surface area contributed by atoms with E-state index in [2.05, 4.69) is 0 Å². The van der Waals surface area contributed by atoms with Gasteiger partial charge in [0, 0.05) is 0 Å². The van der Waals surface area contributed by atoms with Gasteiger partial charge in [0.1, 0.15) is 6.61 Å². The van der Waals surface area contributed by atoms with E-state index in [1.807, 2.05) is 14.1 Å². The van der Waals surface area contributed by atoms with Crippen molar-refractivity contribution in [3.05, 3.63) is 0 Å². The molecular formula is C4H11Cl2NO. The van der Waals surface area contributed by atoms with Crippen molar-refractivity contribution < 1.29 is 22.4 Å². The molecule has 0 amide bonds. The minimum Gasteiger partial charge on any atom is -1.00 e. The zero-order chi connectivity index (χ0) is 5.86. The normalized spacial score (nSPS) is 13.1. The fraction of sp³-hybridized carbons (Fsp3) is 1.00. The Hall–Kier alpha value is 0.500. The van der Waals surface area contributed by atoms with Crippen LogP contribution >= 0.6 is 11.6 Å². The average molecular weight is 160 g/mol. The van der Waals surface area contributed by atoms with Gasteiger partial charge >= 0.3 is 0 Å². The summed E-state index contributed by atoms with van der Waals surface area (Å²) in [5.41, 5.74) is -0.153. The van der Waals surface area contributed by atoms with Crippen molar-refractivity contribution in [2.75, 3.05) is 20.7 Å². The lowest BCUT2D eigenvalue weighted by atomic mass is 10.6. The maximum atomic E-state index is 8.35. The van der Waals surface area contributed by atoms with Gasteiger partial charge in [0.05, 0.1) is 14.1 Å². The molecule has 0 aromatic heterocycles. The molecule has 4 heteroatoms. The summed E-state index contributed by atoms with van der Waals surface area (Å²) in [6.45, 7) is 0.0455. The van der Waals surface area contributed by atoms with Gasteiger partial charge in [-0.3, -0.25) is 0 Å². The average Bonchev–Trinajstić information content (AvgIpc) is 1.65. The second-order valence-corrected chi connectivity index (χ2v) is 2.25. The van der Waals surface area contributed by atoms with Crippen LogP contribution in [0.4, 0.5) is 0 Å². The monoisotopic (exact) mass is 159 g/mol. The Morgan fingerprint density at radius 1 is 1.62 bits per heavy atom. The Labute approximate surface area is 60.8 Å². The van der Waals surface area contributed by atoms with E-state index in [4.69, 9.17) is 16.7 Å². The van der Waals surface area contributed by atoms with Gasteiger partial charge in [0.25, 0.3) is 0 Å². The molecule has 2 N–H and O–H groups in total. The number of hydrogen-bond donors (Lipinski definition) is 2. The number of hydrogen-bond acceptors (Lipinski definition) is 1. The summed E-state index contributed by atoms with van der Waals surface area (Å²) in [6, 6.07) is 0. The minimum atomic E-state index is -0.153. The molecule has 1 unspecified atom stereocenters. The number of likely N-dealkylation sites (N-methyl/N-ethyl adjacent to an activating group) is 1. The molecule has 0 spiro atoms. The maximum absolute atomic E-state index is 8.35. The van der Waals surface area contributed by atoms with Crippen LogP contribution in [0.1, 0.15) is 0 Å². The van der Waals surface area contributed by atoms with E-state index < -0.39 is 0 Å². The molecule has 1 atom stereocenters. The van der Waals surface area contributed by atoms with Gasteiger partial charge in [-0.1, -0.05) is 11.6 Å². The Morgan fingerprint density at radius 2 is 2.00 bits per heavy atom. The first-order valence-electron chi connectivity index (χ1n) is 2.23. The predicted molar refractivity (Wildman–Crippen MR) is 29.5 cm³/mol. The standard InChI is InChI=1S/C4H10ClNO.ClH/c1-6(2)4(5)3-7;/h4,7H,3H2,1-2H3;1H. The van der Waals surface area contributed by atoms with Crippen LogP contribution in [0.5, 0.6) is 0 Å². The first-order valence-corrected chi connectivity index (χ1v) is 2.67. The number of halogens is 2. The molecule has 0 aromatic rings. The van der Waals surface area contributed by atoms with Crippen LogP contribution in [0.25, 0.3) is 0 Å². The predicted octanol–water partition coefficient (Wildman–Crippen LogP) is -4.31. The van der Waals surface area contributed by atoms with Crippen LogP contribution < -0.4 is 17.3 Å². The third-order valence-corrected chi connectivity index (χ3v) is 1.36. The van der Waals surface area contributed by atoms with Gasteiger partial charge in [-0.15, -0.1) is 0 Å². The molecule has 0 fully saturated rings. The Kier molecular flexibility index (Phi) is 7.97. The molecule has 0 aliphatic carbocycles. The van der Waals surface area contributed by atoms with Crippen LogP contribution in [0.15, 0.2) is 0 Å². The van der Waals surface area contributed by atoms with Crippen LogP contribution in [-0.4, -0.2) is 31.3 Å². The van der Waals surface area contributed by atoms with Gasteiger partial charge in [-0.05, 0) is 0 Å². The molecule has 0 aliphatic heterocycles. The van der Waals surface area contributed by atoms with E-state index in [0.717, 1.165) is 4.90 Å². The van der Waals surface area contributed by atoms with Gasteiger partial charge in [0.15, 0.2) is 5.50 Å². The zero-order valence-corrected chi connectivity index (χ0v) is 6.50. The summed E-state index contributed by atoms with van der Waals surface area (Å²) >= 11 is 5.51. The Balaban J connectivity index is 0. The fourth-order valence-electron chi connectivity index (χ4n) is 0.183. The lowest BCUT2D eigenvalue weighted by molar-refractivity contribution is -0.871. The number of aliphatic hydroxyl groups is 1. The van der Waals surface area contributed by atoms with Crippen LogP contribution in [0, 0.1) is 0 Å². The van der Waals surface area contributed by atoms with E-state index in [9.17, 15) is 0 Å².